The summed E-state index contributed by atoms with van der Waals surface area (Å²) in [6.07, 6.45) is 4.49. The van der Waals surface area contributed by atoms with Crippen molar-refractivity contribution in [1.29, 1.82) is 0 Å². The summed E-state index contributed by atoms with van der Waals surface area (Å²) in [5, 5.41) is 3.62. The van der Waals surface area contributed by atoms with Gasteiger partial charge in [0, 0.05) is 51.1 Å². The Morgan fingerprint density at radius 3 is 2.69 bits per heavy atom. The Hall–Kier alpha value is -3.57. The van der Waals surface area contributed by atoms with E-state index in [2.05, 4.69) is 20.3 Å². The fourth-order valence-corrected chi connectivity index (χ4v) is 4.40. The third-order valence-electron chi connectivity index (χ3n) is 5.75. The number of anilines is 1. The number of nitrogens with one attached hydrogen (secondary N) is 1. The summed E-state index contributed by atoms with van der Waals surface area (Å²) in [4.78, 5) is 41.6. The van der Waals surface area contributed by atoms with E-state index in [4.69, 9.17) is 32.7 Å². The fourth-order valence-electron chi connectivity index (χ4n) is 3.95. The molecule has 13 heteroatoms. The van der Waals surface area contributed by atoms with E-state index in [0.717, 1.165) is 5.56 Å². The lowest BCUT2D eigenvalue weighted by atomic mass is 10.1. The van der Waals surface area contributed by atoms with Gasteiger partial charge in [-0.3, -0.25) is 9.36 Å². The van der Waals surface area contributed by atoms with Gasteiger partial charge in [-0.1, -0.05) is 29.3 Å². The molecule has 1 fully saturated rings. The first kappa shape index (κ1) is 25.5. The molecule has 1 atom stereocenters. The molecule has 0 bridgehead atoms. The van der Waals surface area contributed by atoms with Crippen molar-refractivity contribution in [2.75, 3.05) is 38.8 Å². The number of imidazole rings is 1. The van der Waals surface area contributed by atoms with Crippen LogP contribution in [0.3, 0.4) is 0 Å². The van der Waals surface area contributed by atoms with Gasteiger partial charge in [0.05, 0.1) is 25.3 Å². The number of nitrogens with zero attached hydrogens (tertiary/aromatic N) is 6. The molecule has 1 aliphatic rings. The summed E-state index contributed by atoms with van der Waals surface area (Å²) in [6, 6.07) is 6.51. The van der Waals surface area contributed by atoms with Gasteiger partial charge in [0.25, 0.3) is 0 Å². The maximum Gasteiger partial charge on any atom is 0.409 e. The molecule has 0 saturated carbocycles. The first-order chi connectivity index (χ1) is 17.4. The standard InChI is InChI=1S/C23H25Cl2N7O4/c1-35-18-4-3-15(9-17(18)24)12-27-21(33)10-16-13-30(7-8-32(16)23(34)36-2)20-11-19(25)28-22(29-20)31-6-5-26-14-31/h3-6,9,11,14,16H,7-8,10,12-13H2,1-2H3,(H,27,33). The lowest BCUT2D eigenvalue weighted by Gasteiger charge is -2.40. The van der Waals surface area contributed by atoms with Crippen molar-refractivity contribution in [3.05, 3.63) is 58.7 Å². The number of carbonyl (C=O) groups is 2. The molecule has 0 radical (unpaired) electrons. The molecule has 36 heavy (non-hydrogen) atoms. The number of ether oxygens (including phenoxy) is 2. The van der Waals surface area contributed by atoms with Crippen LogP contribution in [0.15, 0.2) is 43.0 Å². The first-order valence-corrected chi connectivity index (χ1v) is 11.8. The SMILES string of the molecule is COC(=O)N1CCN(c2cc(Cl)nc(-n3ccnc3)n2)CC1CC(=O)NCc1ccc(OC)c(Cl)c1. The lowest BCUT2D eigenvalue weighted by Crippen LogP contribution is -2.56. The molecule has 0 spiro atoms. The topological polar surface area (TPSA) is 115 Å². The van der Waals surface area contributed by atoms with Gasteiger partial charge in [0.1, 0.15) is 23.0 Å². The minimum absolute atomic E-state index is 0.0721. The molecule has 11 nitrogen and oxygen atoms in total. The normalized spacial score (nSPS) is 15.5. The van der Waals surface area contributed by atoms with Crippen LogP contribution < -0.4 is 15.0 Å². The zero-order valence-electron chi connectivity index (χ0n) is 19.7. The van der Waals surface area contributed by atoms with Gasteiger partial charge in [-0.15, -0.1) is 0 Å². The predicted molar refractivity (Wildman–Crippen MR) is 134 cm³/mol. The Morgan fingerprint density at radius 1 is 1.17 bits per heavy atom. The van der Waals surface area contributed by atoms with Gasteiger partial charge < -0.3 is 24.6 Å². The van der Waals surface area contributed by atoms with Crippen LogP contribution in [0.5, 0.6) is 5.75 Å². The number of benzene rings is 1. The maximum absolute atomic E-state index is 12.8. The number of piperazine rings is 1. The molecule has 4 rings (SSSR count). The van der Waals surface area contributed by atoms with Gasteiger partial charge >= 0.3 is 6.09 Å². The highest BCUT2D eigenvalue weighted by Gasteiger charge is 2.33. The van der Waals surface area contributed by atoms with Gasteiger partial charge in [-0.2, -0.15) is 4.98 Å². The minimum atomic E-state index is -0.491. The molecule has 190 valence electrons. The smallest absolute Gasteiger partial charge is 0.409 e. The third-order valence-corrected chi connectivity index (χ3v) is 6.24. The number of rotatable bonds is 7. The van der Waals surface area contributed by atoms with Crippen molar-refractivity contribution in [2.45, 2.75) is 19.0 Å². The van der Waals surface area contributed by atoms with E-state index < -0.39 is 12.1 Å². The second-order valence-electron chi connectivity index (χ2n) is 8.03. The Balaban J connectivity index is 1.46. The molecule has 0 aliphatic carbocycles. The number of methoxy groups -OCH3 is 2. The summed E-state index contributed by atoms with van der Waals surface area (Å²) in [6.45, 7) is 1.47. The monoisotopic (exact) mass is 533 g/mol. The van der Waals surface area contributed by atoms with Crippen LogP contribution in [-0.4, -0.2) is 76.3 Å². The van der Waals surface area contributed by atoms with Crippen LogP contribution in [0.1, 0.15) is 12.0 Å². The highest BCUT2D eigenvalue weighted by atomic mass is 35.5. The van der Waals surface area contributed by atoms with E-state index in [1.807, 2.05) is 11.0 Å². The zero-order valence-corrected chi connectivity index (χ0v) is 21.2. The molecule has 1 N–H and O–H groups in total. The fraction of sp³-hybridized carbons (Fsp3) is 0.348. The Bertz CT molecular complexity index is 1230. The Labute approximate surface area is 217 Å². The molecule has 1 aromatic carbocycles. The maximum atomic E-state index is 12.8. The summed E-state index contributed by atoms with van der Waals surface area (Å²) in [7, 11) is 2.86. The largest absolute Gasteiger partial charge is 0.495 e. The number of aromatic nitrogens is 4. The molecule has 1 aliphatic heterocycles. The zero-order chi connectivity index (χ0) is 25.7. The molecule has 3 heterocycles. The molecule has 1 saturated heterocycles. The number of halogens is 2. The molecule has 3 aromatic rings. The summed E-state index contributed by atoms with van der Waals surface area (Å²) < 4.78 is 11.8. The number of carbonyl (C=O) groups excluding carboxylic acids is 2. The van der Waals surface area contributed by atoms with E-state index in [-0.39, 0.29) is 24.0 Å². The van der Waals surface area contributed by atoms with Crippen molar-refractivity contribution < 1.29 is 19.1 Å². The highest BCUT2D eigenvalue weighted by molar-refractivity contribution is 6.32. The van der Waals surface area contributed by atoms with E-state index >= 15 is 0 Å². The van der Waals surface area contributed by atoms with Crippen molar-refractivity contribution >= 4 is 41.0 Å². The summed E-state index contributed by atoms with van der Waals surface area (Å²) in [5.74, 6) is 1.30. The van der Waals surface area contributed by atoms with Crippen LogP contribution in [-0.2, 0) is 16.1 Å². The Kier molecular flexibility index (Phi) is 8.11. The molecule has 2 aromatic heterocycles. The lowest BCUT2D eigenvalue weighted by molar-refractivity contribution is -0.122. The quantitative estimate of drug-likeness (QED) is 0.461. The summed E-state index contributed by atoms with van der Waals surface area (Å²) >= 11 is 12.4. The first-order valence-electron chi connectivity index (χ1n) is 11.1. The molecule has 2 amide bonds. The van der Waals surface area contributed by atoms with Crippen molar-refractivity contribution in [2.24, 2.45) is 0 Å². The third kappa shape index (κ3) is 5.97. The van der Waals surface area contributed by atoms with Gasteiger partial charge in [-0.05, 0) is 17.7 Å². The average molecular weight is 534 g/mol. The van der Waals surface area contributed by atoms with Gasteiger partial charge in [0.2, 0.25) is 11.9 Å². The minimum Gasteiger partial charge on any atom is -0.495 e. The van der Waals surface area contributed by atoms with Crippen LogP contribution in [0.25, 0.3) is 5.95 Å². The number of hydrogen-bond donors (Lipinski definition) is 1. The molecular formula is C23H25Cl2N7O4. The second-order valence-corrected chi connectivity index (χ2v) is 8.83. The Morgan fingerprint density at radius 2 is 2.00 bits per heavy atom. The van der Waals surface area contributed by atoms with E-state index in [0.29, 0.717) is 42.2 Å². The van der Waals surface area contributed by atoms with E-state index in [1.54, 1.807) is 46.4 Å². The van der Waals surface area contributed by atoms with Crippen molar-refractivity contribution in [3.8, 4) is 11.7 Å². The highest BCUT2D eigenvalue weighted by Crippen LogP contribution is 2.25. The van der Waals surface area contributed by atoms with Crippen LogP contribution in [0, 0.1) is 0 Å². The van der Waals surface area contributed by atoms with Crippen molar-refractivity contribution in [3.63, 3.8) is 0 Å². The average Bonchev–Trinajstić information content (AvgIpc) is 3.42. The molecular weight excluding hydrogens is 509 g/mol. The van der Waals surface area contributed by atoms with Gasteiger partial charge in [-0.25, -0.2) is 14.8 Å². The summed E-state index contributed by atoms with van der Waals surface area (Å²) in [5.41, 5.74) is 0.826. The van der Waals surface area contributed by atoms with Crippen molar-refractivity contribution in [1.82, 2.24) is 29.7 Å². The van der Waals surface area contributed by atoms with Crippen LogP contribution >= 0.6 is 23.2 Å². The van der Waals surface area contributed by atoms with Crippen LogP contribution in [0.4, 0.5) is 10.6 Å². The van der Waals surface area contributed by atoms with Gasteiger partial charge in [0.15, 0.2) is 0 Å². The predicted octanol–water partition coefficient (Wildman–Crippen LogP) is 2.94. The van der Waals surface area contributed by atoms with Crippen LogP contribution in [0.2, 0.25) is 10.2 Å². The molecule has 1 unspecified atom stereocenters. The number of amides is 2. The van der Waals surface area contributed by atoms with E-state index in [1.165, 1.54) is 14.2 Å². The second kappa shape index (κ2) is 11.4. The number of hydrogen-bond acceptors (Lipinski definition) is 8. The van der Waals surface area contributed by atoms with E-state index in [9.17, 15) is 9.59 Å².